The van der Waals surface area contributed by atoms with Crippen LogP contribution >= 0.6 is 0 Å². The number of carbonyl (C=O) groups is 1. The lowest BCUT2D eigenvalue weighted by atomic mass is 10.2. The van der Waals surface area contributed by atoms with Crippen molar-refractivity contribution in [1.29, 1.82) is 0 Å². The van der Waals surface area contributed by atoms with Gasteiger partial charge in [-0.25, -0.2) is 0 Å². The summed E-state index contributed by atoms with van der Waals surface area (Å²) in [7, 11) is 3.29. The van der Waals surface area contributed by atoms with E-state index in [9.17, 15) is 4.79 Å². The van der Waals surface area contributed by atoms with Crippen LogP contribution in [-0.4, -0.2) is 25.7 Å². The van der Waals surface area contributed by atoms with E-state index in [1.165, 1.54) is 0 Å². The molecule has 1 unspecified atom stereocenters. The Morgan fingerprint density at radius 1 is 1.55 bits per heavy atom. The second-order valence-corrected chi connectivity index (χ2v) is 3.57. The largest absolute Gasteiger partial charge is 0.368 e. The molecule has 0 bridgehead atoms. The van der Waals surface area contributed by atoms with Gasteiger partial charge in [0, 0.05) is 19.6 Å². The smallest absolute Gasteiger partial charge is 0.252 e. The highest BCUT2D eigenvalue weighted by atomic mass is 16.5. The van der Waals surface area contributed by atoms with Crippen LogP contribution < -0.4 is 5.32 Å². The summed E-state index contributed by atoms with van der Waals surface area (Å²) in [6.07, 6.45) is 3.25. The number of nitrogens with one attached hydrogen (secondary N) is 1. The number of rotatable bonds is 2. The minimum Gasteiger partial charge on any atom is -0.368 e. The van der Waals surface area contributed by atoms with E-state index in [0.29, 0.717) is 0 Å². The first-order chi connectivity index (χ1) is 5.21. The SMILES string of the molecule is CNC(=O)C1(OC)CC12CC2. The van der Waals surface area contributed by atoms with Gasteiger partial charge in [-0.2, -0.15) is 0 Å². The van der Waals surface area contributed by atoms with Crippen molar-refractivity contribution >= 4 is 5.91 Å². The van der Waals surface area contributed by atoms with Gasteiger partial charge in [0.2, 0.25) is 0 Å². The van der Waals surface area contributed by atoms with Crippen LogP contribution in [0.15, 0.2) is 0 Å². The molecule has 2 aliphatic rings. The lowest BCUT2D eigenvalue weighted by Crippen LogP contribution is -2.37. The average molecular weight is 155 g/mol. The maximum atomic E-state index is 11.3. The number of amides is 1. The van der Waals surface area contributed by atoms with Gasteiger partial charge in [0.25, 0.3) is 5.91 Å². The first-order valence-corrected chi connectivity index (χ1v) is 3.98. The molecule has 1 N–H and O–H groups in total. The van der Waals surface area contributed by atoms with Gasteiger partial charge in [0.05, 0.1) is 0 Å². The highest BCUT2D eigenvalue weighted by Gasteiger charge is 2.78. The van der Waals surface area contributed by atoms with Crippen molar-refractivity contribution in [2.24, 2.45) is 5.41 Å². The molecule has 1 atom stereocenters. The number of carbonyl (C=O) groups excluding carboxylic acids is 1. The molecular weight excluding hydrogens is 142 g/mol. The van der Waals surface area contributed by atoms with Crippen LogP contribution in [0.1, 0.15) is 19.3 Å². The summed E-state index contributed by atoms with van der Waals surface area (Å²) in [5.41, 5.74) is -0.191. The zero-order chi connectivity index (χ0) is 8.11. The predicted molar refractivity (Wildman–Crippen MR) is 40.1 cm³/mol. The normalized spacial score (nSPS) is 36.9. The Kier molecular flexibility index (Phi) is 1.15. The van der Waals surface area contributed by atoms with E-state index in [0.717, 1.165) is 19.3 Å². The van der Waals surface area contributed by atoms with Crippen LogP contribution in [0.3, 0.4) is 0 Å². The van der Waals surface area contributed by atoms with Crippen LogP contribution in [-0.2, 0) is 9.53 Å². The number of hydrogen-bond donors (Lipinski definition) is 1. The van der Waals surface area contributed by atoms with Crippen molar-refractivity contribution < 1.29 is 9.53 Å². The van der Waals surface area contributed by atoms with Gasteiger partial charge < -0.3 is 10.1 Å². The van der Waals surface area contributed by atoms with Crippen molar-refractivity contribution in [1.82, 2.24) is 5.32 Å². The molecule has 2 aliphatic carbocycles. The lowest BCUT2D eigenvalue weighted by molar-refractivity contribution is -0.134. The summed E-state index contributed by atoms with van der Waals surface area (Å²) in [4.78, 5) is 11.3. The lowest BCUT2D eigenvalue weighted by Gasteiger charge is -2.12. The van der Waals surface area contributed by atoms with Crippen molar-refractivity contribution in [3.05, 3.63) is 0 Å². The molecule has 3 nitrogen and oxygen atoms in total. The van der Waals surface area contributed by atoms with Gasteiger partial charge >= 0.3 is 0 Å². The zero-order valence-corrected chi connectivity index (χ0v) is 6.94. The minimum atomic E-state index is -0.443. The quantitative estimate of drug-likeness (QED) is 0.623. The summed E-state index contributed by atoms with van der Waals surface area (Å²) in [5.74, 6) is 0.0532. The molecule has 0 heterocycles. The van der Waals surface area contributed by atoms with E-state index in [1.54, 1.807) is 14.2 Å². The van der Waals surface area contributed by atoms with Gasteiger partial charge in [-0.3, -0.25) is 4.79 Å². The molecule has 0 saturated heterocycles. The monoisotopic (exact) mass is 155 g/mol. The van der Waals surface area contributed by atoms with Gasteiger partial charge in [-0.15, -0.1) is 0 Å². The van der Waals surface area contributed by atoms with E-state index >= 15 is 0 Å². The summed E-state index contributed by atoms with van der Waals surface area (Å²) >= 11 is 0. The highest BCUT2D eigenvalue weighted by molar-refractivity contribution is 5.90. The molecule has 1 spiro atoms. The van der Waals surface area contributed by atoms with E-state index in [4.69, 9.17) is 4.74 Å². The Hall–Kier alpha value is -0.570. The fraction of sp³-hybridized carbons (Fsp3) is 0.875. The van der Waals surface area contributed by atoms with Crippen LogP contribution in [0.4, 0.5) is 0 Å². The summed E-state index contributed by atoms with van der Waals surface area (Å²) in [6.45, 7) is 0. The number of hydrogen-bond acceptors (Lipinski definition) is 2. The molecule has 2 rings (SSSR count). The first-order valence-electron chi connectivity index (χ1n) is 3.98. The van der Waals surface area contributed by atoms with Crippen LogP contribution in [0.2, 0.25) is 0 Å². The number of methoxy groups -OCH3 is 1. The Morgan fingerprint density at radius 2 is 2.18 bits per heavy atom. The fourth-order valence-corrected chi connectivity index (χ4v) is 2.07. The van der Waals surface area contributed by atoms with Crippen molar-refractivity contribution in [2.45, 2.75) is 24.9 Å². The maximum Gasteiger partial charge on any atom is 0.252 e. The third-order valence-corrected chi connectivity index (χ3v) is 3.11. The summed E-state index contributed by atoms with van der Waals surface area (Å²) < 4.78 is 5.27. The topological polar surface area (TPSA) is 38.3 Å². The average Bonchev–Trinajstić information content (AvgIpc) is 2.91. The third-order valence-electron chi connectivity index (χ3n) is 3.11. The van der Waals surface area contributed by atoms with Crippen molar-refractivity contribution in [2.75, 3.05) is 14.2 Å². The van der Waals surface area contributed by atoms with E-state index in [-0.39, 0.29) is 11.3 Å². The maximum absolute atomic E-state index is 11.3. The molecule has 0 radical (unpaired) electrons. The second-order valence-electron chi connectivity index (χ2n) is 3.57. The van der Waals surface area contributed by atoms with E-state index in [2.05, 4.69) is 5.32 Å². The standard InChI is InChI=1S/C8H13NO2/c1-9-6(10)8(11-2)5-7(8)3-4-7/h3-5H2,1-2H3,(H,9,10). The Labute approximate surface area is 66.1 Å². The first kappa shape index (κ1) is 7.10. The van der Waals surface area contributed by atoms with E-state index in [1.807, 2.05) is 0 Å². The Morgan fingerprint density at radius 3 is 2.45 bits per heavy atom. The van der Waals surface area contributed by atoms with Gasteiger partial charge in [-0.05, 0) is 19.3 Å². The molecular formula is C8H13NO2. The molecule has 0 aromatic heterocycles. The summed E-state index contributed by atoms with van der Waals surface area (Å²) in [6, 6.07) is 0. The molecule has 0 aliphatic heterocycles. The van der Waals surface area contributed by atoms with Crippen molar-refractivity contribution in [3.8, 4) is 0 Å². The van der Waals surface area contributed by atoms with Gasteiger partial charge in [-0.1, -0.05) is 0 Å². The molecule has 2 saturated carbocycles. The summed E-state index contributed by atoms with van der Waals surface area (Å²) in [5, 5.41) is 2.65. The highest BCUT2D eigenvalue weighted by Crippen LogP contribution is 2.74. The van der Waals surface area contributed by atoms with Crippen LogP contribution in [0, 0.1) is 5.41 Å². The van der Waals surface area contributed by atoms with E-state index < -0.39 is 5.60 Å². The van der Waals surface area contributed by atoms with Gasteiger partial charge in [0.15, 0.2) is 5.60 Å². The Balaban J connectivity index is 2.14. The minimum absolute atomic E-state index is 0.0532. The molecule has 3 heteroatoms. The van der Waals surface area contributed by atoms with Crippen LogP contribution in [0.5, 0.6) is 0 Å². The molecule has 2 fully saturated rings. The molecule has 0 aromatic carbocycles. The molecule has 1 amide bonds. The third kappa shape index (κ3) is 0.644. The predicted octanol–water partition coefficient (Wildman–Crippen LogP) is 0.301. The number of ether oxygens (including phenoxy) is 1. The van der Waals surface area contributed by atoms with Gasteiger partial charge in [0.1, 0.15) is 0 Å². The second kappa shape index (κ2) is 1.78. The molecule has 11 heavy (non-hydrogen) atoms. The van der Waals surface area contributed by atoms with Crippen molar-refractivity contribution in [3.63, 3.8) is 0 Å². The number of likely N-dealkylation sites (N-methyl/N-ethyl adjacent to an activating group) is 1. The molecule has 62 valence electrons. The zero-order valence-electron chi connectivity index (χ0n) is 6.94. The fourth-order valence-electron chi connectivity index (χ4n) is 2.07. The Bertz CT molecular complexity index is 210. The molecule has 0 aromatic rings. The van der Waals surface area contributed by atoms with Crippen LogP contribution in [0.25, 0.3) is 0 Å².